The van der Waals surface area contributed by atoms with E-state index in [9.17, 15) is 17.3 Å². The highest BCUT2D eigenvalue weighted by Crippen LogP contribution is 2.07. The van der Waals surface area contributed by atoms with E-state index in [0.29, 0.717) is 0 Å². The minimum absolute atomic E-state index is 0.785. The Morgan fingerprint density at radius 3 is 1.87 bits per heavy atom. The van der Waals surface area contributed by atoms with Gasteiger partial charge in [0.15, 0.2) is 0 Å². The lowest BCUT2D eigenvalue weighted by Gasteiger charge is -1.94. The van der Waals surface area contributed by atoms with Crippen LogP contribution in [0.25, 0.3) is 5.08 Å². The Hall–Kier alpha value is -1.78. The molecule has 0 spiro atoms. The van der Waals surface area contributed by atoms with Gasteiger partial charge in [0.2, 0.25) is 0 Å². The third-order valence-corrected chi connectivity index (χ3v) is 1.23. The summed E-state index contributed by atoms with van der Waals surface area (Å²) in [5.74, 6) is 0. The van der Waals surface area contributed by atoms with Gasteiger partial charge in [-0.1, -0.05) is 17.7 Å². The lowest BCUT2D eigenvalue weighted by Crippen LogP contribution is -2.02. The molecule has 3 nitrogen and oxygen atoms in total. The summed E-state index contributed by atoms with van der Waals surface area (Å²) in [6.45, 7) is 2.00. The highest BCUT2D eigenvalue weighted by Gasteiger charge is 2.20. The average Bonchev–Trinajstić information content (AvgIpc) is 2.06. The summed E-state index contributed by atoms with van der Waals surface area (Å²) in [5, 5.41) is 10.9. The second-order valence-corrected chi connectivity index (χ2v) is 2.57. The summed E-state index contributed by atoms with van der Waals surface area (Å²) in [4.78, 5) is 0. The SMILES string of the molecule is Cc1ccc(N[N+]#N)cc1.F[B-](F)(F)F. The summed E-state index contributed by atoms with van der Waals surface area (Å²) in [5.41, 5.74) is 4.38. The molecule has 1 aromatic rings. The maximum atomic E-state index is 9.75. The first-order chi connectivity index (χ1) is 6.83. The first kappa shape index (κ1) is 13.2. The van der Waals surface area contributed by atoms with Crippen molar-refractivity contribution >= 4 is 12.9 Å². The predicted octanol–water partition coefficient (Wildman–Crippen LogP) is 3.48. The molecule has 0 radical (unpaired) electrons. The molecule has 0 aromatic heterocycles. The molecular formula is C7H8BF4N3. The number of benzene rings is 1. The molecular weight excluding hydrogens is 213 g/mol. The molecule has 1 aromatic carbocycles. The molecule has 15 heavy (non-hydrogen) atoms. The van der Waals surface area contributed by atoms with Gasteiger partial charge in [-0.3, -0.25) is 0 Å². The van der Waals surface area contributed by atoms with E-state index in [4.69, 9.17) is 5.39 Å². The van der Waals surface area contributed by atoms with Crippen molar-refractivity contribution in [2.75, 3.05) is 5.43 Å². The quantitative estimate of drug-likeness (QED) is 0.341. The highest BCUT2D eigenvalue weighted by atomic mass is 19.5. The number of aryl methyl sites for hydroxylation is 1. The van der Waals surface area contributed by atoms with Gasteiger partial charge >= 0.3 is 12.3 Å². The van der Waals surface area contributed by atoms with E-state index in [1.807, 2.05) is 31.2 Å². The maximum absolute atomic E-state index is 9.75. The standard InChI is InChI=1S/C7H8N3.BF4/c1-6-2-4-7(5-3-6)9-10-8;2-1(3,4)5/h2-5,9H,1H3;/q+1;-1. The Bertz CT molecular complexity index is 324. The van der Waals surface area contributed by atoms with Crippen LogP contribution in [-0.2, 0) is 0 Å². The zero-order chi connectivity index (χ0) is 11.9. The van der Waals surface area contributed by atoms with E-state index in [0.717, 1.165) is 5.69 Å². The Balaban J connectivity index is 0.000000336. The number of anilines is 1. The van der Waals surface area contributed by atoms with Crippen molar-refractivity contribution in [3.8, 4) is 0 Å². The van der Waals surface area contributed by atoms with E-state index in [-0.39, 0.29) is 0 Å². The second kappa shape index (κ2) is 5.85. The second-order valence-electron chi connectivity index (χ2n) is 2.57. The van der Waals surface area contributed by atoms with E-state index in [2.05, 4.69) is 10.5 Å². The van der Waals surface area contributed by atoms with Crippen molar-refractivity contribution in [1.29, 1.82) is 5.39 Å². The molecule has 0 aliphatic carbocycles. The number of nitrogens with zero attached hydrogens (tertiary/aromatic N) is 2. The maximum Gasteiger partial charge on any atom is 0.673 e. The molecule has 0 atom stereocenters. The molecule has 0 fully saturated rings. The normalized spacial score (nSPS) is 9.60. The van der Waals surface area contributed by atoms with Crippen molar-refractivity contribution in [2.45, 2.75) is 6.92 Å². The van der Waals surface area contributed by atoms with Gasteiger partial charge in [0, 0.05) is 0 Å². The van der Waals surface area contributed by atoms with Crippen molar-refractivity contribution in [1.82, 2.24) is 0 Å². The van der Waals surface area contributed by atoms with Gasteiger partial charge in [0.1, 0.15) is 5.69 Å². The topological polar surface area (TPSA) is 40.2 Å². The molecule has 8 heteroatoms. The van der Waals surface area contributed by atoms with Gasteiger partial charge < -0.3 is 17.3 Å². The van der Waals surface area contributed by atoms with Crippen LogP contribution in [0.4, 0.5) is 23.0 Å². The molecule has 1 rings (SSSR count). The summed E-state index contributed by atoms with van der Waals surface area (Å²) < 4.78 is 39.0. The first-order valence-corrected chi connectivity index (χ1v) is 3.87. The Labute approximate surface area is 83.8 Å². The number of diazo groups is 1. The fraction of sp³-hybridized carbons (Fsp3) is 0.143. The van der Waals surface area contributed by atoms with Gasteiger partial charge in [-0.05, 0) is 24.5 Å². The van der Waals surface area contributed by atoms with Gasteiger partial charge in [0.05, 0.1) is 0 Å². The van der Waals surface area contributed by atoms with E-state index >= 15 is 0 Å². The Kier molecular flexibility index (Phi) is 5.16. The molecule has 0 amide bonds. The van der Waals surface area contributed by atoms with E-state index in [1.54, 1.807) is 0 Å². The lowest BCUT2D eigenvalue weighted by atomic mass is 10.2. The van der Waals surface area contributed by atoms with Gasteiger partial charge in [-0.15, -0.1) is 0 Å². The van der Waals surface area contributed by atoms with Crippen LogP contribution < -0.4 is 5.43 Å². The number of hydrogen-bond acceptors (Lipinski definition) is 2. The zero-order valence-corrected chi connectivity index (χ0v) is 7.79. The number of hydrogen-bond donors (Lipinski definition) is 1. The molecule has 0 saturated heterocycles. The first-order valence-electron chi connectivity index (χ1n) is 3.87. The predicted molar refractivity (Wildman–Crippen MR) is 50.1 cm³/mol. The molecule has 0 bridgehead atoms. The number of nitrogens with one attached hydrogen (secondary N) is 1. The third-order valence-electron chi connectivity index (χ3n) is 1.23. The molecule has 82 valence electrons. The minimum atomic E-state index is -6.00. The molecule has 0 aliphatic rings. The highest BCUT2D eigenvalue weighted by molar-refractivity contribution is 6.50. The fourth-order valence-electron chi connectivity index (χ4n) is 0.686. The molecule has 0 aliphatic heterocycles. The van der Waals surface area contributed by atoms with Crippen LogP contribution in [0.1, 0.15) is 5.56 Å². The van der Waals surface area contributed by atoms with Crippen molar-refractivity contribution < 1.29 is 17.3 Å². The zero-order valence-electron chi connectivity index (χ0n) is 7.79. The monoisotopic (exact) mass is 221 g/mol. The van der Waals surface area contributed by atoms with Crippen LogP contribution >= 0.6 is 0 Å². The van der Waals surface area contributed by atoms with Gasteiger partial charge in [0.25, 0.3) is 5.39 Å². The summed E-state index contributed by atoms with van der Waals surface area (Å²) in [7, 11) is -6.00. The lowest BCUT2D eigenvalue weighted by molar-refractivity contribution is 0.368. The minimum Gasteiger partial charge on any atom is -0.418 e. The van der Waals surface area contributed by atoms with E-state index in [1.165, 1.54) is 5.56 Å². The molecule has 1 N–H and O–H groups in total. The van der Waals surface area contributed by atoms with Gasteiger partial charge in [-0.25, -0.2) is 0 Å². The van der Waals surface area contributed by atoms with Gasteiger partial charge in [-0.2, -0.15) is 0 Å². The average molecular weight is 221 g/mol. The fourth-order valence-corrected chi connectivity index (χ4v) is 0.686. The number of halogens is 4. The van der Waals surface area contributed by atoms with Crippen molar-refractivity contribution in [3.63, 3.8) is 0 Å². The van der Waals surface area contributed by atoms with Crippen molar-refractivity contribution in [2.24, 2.45) is 0 Å². The van der Waals surface area contributed by atoms with Crippen LogP contribution in [0.5, 0.6) is 0 Å². The molecule has 0 unspecified atom stereocenters. The summed E-state index contributed by atoms with van der Waals surface area (Å²) in [6.07, 6.45) is 0. The van der Waals surface area contributed by atoms with Crippen LogP contribution in [0, 0.1) is 12.3 Å². The third kappa shape index (κ3) is 10.1. The smallest absolute Gasteiger partial charge is 0.418 e. The Morgan fingerprint density at radius 2 is 1.53 bits per heavy atom. The molecule has 0 saturated carbocycles. The van der Waals surface area contributed by atoms with Crippen LogP contribution in [0.15, 0.2) is 24.3 Å². The van der Waals surface area contributed by atoms with Crippen molar-refractivity contribution in [3.05, 3.63) is 34.9 Å². The summed E-state index contributed by atoms with van der Waals surface area (Å²) in [6, 6.07) is 7.56. The Morgan fingerprint density at radius 1 is 1.13 bits per heavy atom. The van der Waals surface area contributed by atoms with Crippen LogP contribution in [0.3, 0.4) is 0 Å². The van der Waals surface area contributed by atoms with E-state index < -0.39 is 7.25 Å². The van der Waals surface area contributed by atoms with Crippen LogP contribution in [-0.4, -0.2) is 7.25 Å². The largest absolute Gasteiger partial charge is 0.673 e. The summed E-state index contributed by atoms with van der Waals surface area (Å²) >= 11 is 0. The molecule has 0 heterocycles. The number of rotatable bonds is 1. The van der Waals surface area contributed by atoms with Crippen LogP contribution in [0.2, 0.25) is 0 Å².